The van der Waals surface area contributed by atoms with Crippen LogP contribution in [0.1, 0.15) is 37.7 Å². The van der Waals surface area contributed by atoms with Crippen molar-refractivity contribution in [1.29, 1.82) is 0 Å². The molecule has 1 aromatic carbocycles. The normalized spacial score (nSPS) is 21.8. The largest absolute Gasteiger partial charge is 0.342 e. The van der Waals surface area contributed by atoms with Crippen LogP contribution in [0.15, 0.2) is 23.1 Å². The zero-order valence-corrected chi connectivity index (χ0v) is 16.1. The summed E-state index contributed by atoms with van der Waals surface area (Å²) in [4.78, 5) is 26.3. The SMILES string of the molecule is O=C1Cc2cc(S(=O)(=O)N3CCC(C(=O)N4CCCCC4)CC3)ccc2N1. The van der Waals surface area contributed by atoms with Crippen molar-refractivity contribution in [2.75, 3.05) is 31.5 Å². The Labute approximate surface area is 159 Å². The fourth-order valence-corrected chi connectivity index (χ4v) is 5.75. The summed E-state index contributed by atoms with van der Waals surface area (Å²) < 4.78 is 27.4. The summed E-state index contributed by atoms with van der Waals surface area (Å²) in [6.07, 6.45) is 4.66. The third-order valence-corrected chi connectivity index (χ3v) is 7.71. The highest BCUT2D eigenvalue weighted by Gasteiger charge is 2.34. The molecule has 4 rings (SSSR count). The molecule has 1 N–H and O–H groups in total. The van der Waals surface area contributed by atoms with Gasteiger partial charge in [-0.05, 0) is 55.9 Å². The lowest BCUT2D eigenvalue weighted by Crippen LogP contribution is -2.45. The summed E-state index contributed by atoms with van der Waals surface area (Å²) in [6.45, 7) is 2.39. The number of hydrogen-bond acceptors (Lipinski definition) is 4. The van der Waals surface area contributed by atoms with E-state index in [0.29, 0.717) is 31.6 Å². The third-order valence-electron chi connectivity index (χ3n) is 5.81. The highest BCUT2D eigenvalue weighted by molar-refractivity contribution is 7.89. The van der Waals surface area contributed by atoms with Gasteiger partial charge in [0.25, 0.3) is 0 Å². The summed E-state index contributed by atoms with van der Waals surface area (Å²) in [5.41, 5.74) is 1.40. The maximum absolute atomic E-state index is 13.0. The average Bonchev–Trinajstić information content (AvgIpc) is 3.07. The van der Waals surface area contributed by atoms with Crippen LogP contribution in [0.2, 0.25) is 0 Å². The number of nitrogens with zero attached hydrogens (tertiary/aromatic N) is 2. The van der Waals surface area contributed by atoms with Crippen LogP contribution in [0.4, 0.5) is 5.69 Å². The number of piperidine rings is 2. The van der Waals surface area contributed by atoms with Gasteiger partial charge in [0.1, 0.15) is 0 Å². The van der Waals surface area contributed by atoms with Crippen molar-refractivity contribution in [3.05, 3.63) is 23.8 Å². The van der Waals surface area contributed by atoms with E-state index in [2.05, 4.69) is 5.32 Å². The molecule has 0 saturated carbocycles. The minimum atomic E-state index is -3.61. The molecular weight excluding hydrogens is 366 g/mol. The number of benzene rings is 1. The highest BCUT2D eigenvalue weighted by Crippen LogP contribution is 2.30. The van der Waals surface area contributed by atoms with Gasteiger partial charge in [0.15, 0.2) is 0 Å². The van der Waals surface area contributed by atoms with Crippen molar-refractivity contribution in [2.45, 2.75) is 43.4 Å². The van der Waals surface area contributed by atoms with Gasteiger partial charge in [0, 0.05) is 37.8 Å². The quantitative estimate of drug-likeness (QED) is 0.848. The van der Waals surface area contributed by atoms with Crippen LogP contribution in [-0.4, -0.2) is 55.6 Å². The predicted molar refractivity (Wildman–Crippen MR) is 101 cm³/mol. The maximum Gasteiger partial charge on any atom is 0.243 e. The Balaban J connectivity index is 1.42. The number of sulfonamides is 1. The molecule has 0 unspecified atom stereocenters. The molecule has 2 fully saturated rings. The van der Waals surface area contributed by atoms with E-state index in [9.17, 15) is 18.0 Å². The van der Waals surface area contributed by atoms with Gasteiger partial charge < -0.3 is 10.2 Å². The monoisotopic (exact) mass is 391 g/mol. The molecule has 0 spiro atoms. The second-order valence-electron chi connectivity index (χ2n) is 7.61. The second-order valence-corrected chi connectivity index (χ2v) is 9.55. The van der Waals surface area contributed by atoms with E-state index < -0.39 is 10.0 Å². The van der Waals surface area contributed by atoms with Crippen LogP contribution < -0.4 is 5.32 Å². The number of likely N-dealkylation sites (tertiary alicyclic amines) is 1. The van der Waals surface area contributed by atoms with E-state index in [4.69, 9.17) is 0 Å². The first-order valence-electron chi connectivity index (χ1n) is 9.67. The Morgan fingerprint density at radius 3 is 2.44 bits per heavy atom. The molecule has 2 amide bonds. The number of fused-ring (bicyclic) bond motifs is 1. The van der Waals surface area contributed by atoms with E-state index in [0.717, 1.165) is 31.5 Å². The van der Waals surface area contributed by atoms with E-state index in [1.165, 1.54) is 10.7 Å². The summed E-state index contributed by atoms with van der Waals surface area (Å²) in [7, 11) is -3.61. The summed E-state index contributed by atoms with van der Waals surface area (Å²) in [6, 6.07) is 4.79. The van der Waals surface area contributed by atoms with Gasteiger partial charge in [-0.1, -0.05) is 0 Å². The molecule has 27 heavy (non-hydrogen) atoms. The standard InChI is InChI=1S/C19H25N3O4S/c23-18-13-15-12-16(4-5-17(15)20-18)27(25,26)22-10-6-14(7-11-22)19(24)21-8-2-1-3-9-21/h4-5,12,14H,1-3,6-11,13H2,(H,20,23). The molecule has 3 heterocycles. The number of carbonyl (C=O) groups is 2. The molecule has 0 aromatic heterocycles. The molecule has 0 atom stereocenters. The zero-order chi connectivity index (χ0) is 19.0. The predicted octanol–water partition coefficient (Wildman–Crippen LogP) is 1.59. The number of amides is 2. The van der Waals surface area contributed by atoms with Gasteiger partial charge in [-0.25, -0.2) is 8.42 Å². The molecule has 0 aliphatic carbocycles. The van der Waals surface area contributed by atoms with E-state index >= 15 is 0 Å². The topological polar surface area (TPSA) is 86.8 Å². The summed E-state index contributed by atoms with van der Waals surface area (Å²) >= 11 is 0. The molecule has 3 aliphatic rings. The van der Waals surface area contributed by atoms with Crippen molar-refractivity contribution in [3.63, 3.8) is 0 Å². The van der Waals surface area contributed by atoms with Gasteiger partial charge in [0.05, 0.1) is 11.3 Å². The lowest BCUT2D eigenvalue weighted by atomic mass is 9.95. The fraction of sp³-hybridized carbons (Fsp3) is 0.579. The number of rotatable bonds is 3. The number of nitrogens with one attached hydrogen (secondary N) is 1. The van der Waals surface area contributed by atoms with E-state index in [-0.39, 0.29) is 29.0 Å². The Bertz CT molecular complexity index is 854. The first-order chi connectivity index (χ1) is 12.9. The molecule has 8 heteroatoms. The van der Waals surface area contributed by atoms with Gasteiger partial charge >= 0.3 is 0 Å². The number of carbonyl (C=O) groups excluding carboxylic acids is 2. The van der Waals surface area contributed by atoms with E-state index in [1.807, 2.05) is 4.90 Å². The summed E-state index contributed by atoms with van der Waals surface area (Å²) in [5.74, 6) is 0.00171. The molecular formula is C19H25N3O4S. The first kappa shape index (κ1) is 18.4. The summed E-state index contributed by atoms with van der Waals surface area (Å²) in [5, 5.41) is 2.72. The minimum absolute atomic E-state index is 0.0728. The highest BCUT2D eigenvalue weighted by atomic mass is 32.2. The lowest BCUT2D eigenvalue weighted by Gasteiger charge is -2.35. The van der Waals surface area contributed by atoms with Crippen molar-refractivity contribution in [2.24, 2.45) is 5.92 Å². The number of hydrogen-bond donors (Lipinski definition) is 1. The lowest BCUT2D eigenvalue weighted by molar-refractivity contribution is -0.137. The van der Waals surface area contributed by atoms with Crippen molar-refractivity contribution >= 4 is 27.5 Å². The van der Waals surface area contributed by atoms with Crippen molar-refractivity contribution in [3.8, 4) is 0 Å². The molecule has 7 nitrogen and oxygen atoms in total. The maximum atomic E-state index is 13.0. The van der Waals surface area contributed by atoms with Gasteiger partial charge in [-0.15, -0.1) is 0 Å². The Hall–Kier alpha value is -1.93. The van der Waals surface area contributed by atoms with Crippen molar-refractivity contribution < 1.29 is 18.0 Å². The molecule has 1 aromatic rings. The third kappa shape index (κ3) is 3.60. The Morgan fingerprint density at radius 1 is 1.04 bits per heavy atom. The van der Waals surface area contributed by atoms with Crippen LogP contribution in [0.3, 0.4) is 0 Å². The molecule has 0 radical (unpaired) electrons. The van der Waals surface area contributed by atoms with Gasteiger partial charge in [-0.2, -0.15) is 4.31 Å². The van der Waals surface area contributed by atoms with Crippen LogP contribution in [0.25, 0.3) is 0 Å². The number of anilines is 1. The Kier molecular flexibility index (Phi) is 4.94. The van der Waals surface area contributed by atoms with Gasteiger partial charge in [0.2, 0.25) is 21.8 Å². The van der Waals surface area contributed by atoms with Crippen molar-refractivity contribution in [1.82, 2.24) is 9.21 Å². The minimum Gasteiger partial charge on any atom is -0.342 e. The van der Waals surface area contributed by atoms with Gasteiger partial charge in [-0.3, -0.25) is 9.59 Å². The van der Waals surface area contributed by atoms with E-state index in [1.54, 1.807) is 18.2 Å². The van der Waals surface area contributed by atoms with Crippen LogP contribution in [0.5, 0.6) is 0 Å². The Morgan fingerprint density at radius 2 is 1.74 bits per heavy atom. The molecule has 146 valence electrons. The van der Waals surface area contributed by atoms with Crippen LogP contribution in [-0.2, 0) is 26.0 Å². The average molecular weight is 391 g/mol. The first-order valence-corrected chi connectivity index (χ1v) is 11.1. The van der Waals surface area contributed by atoms with Crippen LogP contribution >= 0.6 is 0 Å². The fourth-order valence-electron chi connectivity index (χ4n) is 4.23. The second kappa shape index (κ2) is 7.24. The molecule has 2 saturated heterocycles. The van der Waals surface area contributed by atoms with Crippen LogP contribution in [0, 0.1) is 5.92 Å². The smallest absolute Gasteiger partial charge is 0.243 e. The molecule has 3 aliphatic heterocycles. The molecule has 0 bridgehead atoms. The zero-order valence-electron chi connectivity index (χ0n) is 15.3.